The zero-order chi connectivity index (χ0) is 16.1. The number of anilines is 1. The molecule has 1 aliphatic rings. The summed E-state index contributed by atoms with van der Waals surface area (Å²) in [5.41, 5.74) is -2.74. The fourth-order valence-electron chi connectivity index (χ4n) is 2.67. The molecular weight excluding hydrogens is 307 g/mol. The molecule has 2 aromatic rings. The molecule has 0 amide bonds. The van der Waals surface area contributed by atoms with Crippen LogP contribution in [-0.2, 0) is 0 Å². The Morgan fingerprint density at radius 2 is 1.95 bits per heavy atom. The van der Waals surface area contributed by atoms with Gasteiger partial charge in [0.05, 0.1) is 6.54 Å². The van der Waals surface area contributed by atoms with Gasteiger partial charge in [-0.15, -0.1) is 0 Å². The predicted molar refractivity (Wildman–Crippen MR) is 69.5 cm³/mol. The van der Waals surface area contributed by atoms with Crippen LogP contribution in [0.3, 0.4) is 0 Å². The van der Waals surface area contributed by atoms with Crippen molar-refractivity contribution in [3.8, 4) is 0 Å². The van der Waals surface area contributed by atoms with Gasteiger partial charge in [-0.25, -0.2) is 8.78 Å². The zero-order valence-corrected chi connectivity index (χ0v) is 11.2. The molecule has 3 nitrogen and oxygen atoms in total. The first-order valence-electron chi connectivity index (χ1n) is 6.49. The molecule has 1 N–H and O–H groups in total. The van der Waals surface area contributed by atoms with E-state index in [1.165, 1.54) is 17.2 Å². The molecule has 1 aliphatic heterocycles. The number of nitrogens with zero attached hydrogens (tertiary/aromatic N) is 2. The molecule has 1 atom stereocenters. The summed E-state index contributed by atoms with van der Waals surface area (Å²) < 4.78 is 65.7. The summed E-state index contributed by atoms with van der Waals surface area (Å²) in [6.45, 7) is -0.763. The lowest BCUT2D eigenvalue weighted by Gasteiger charge is -2.27. The first kappa shape index (κ1) is 15.0. The van der Waals surface area contributed by atoms with Crippen LogP contribution in [0.25, 0.3) is 10.9 Å². The largest absolute Gasteiger partial charge is 0.418 e. The Labute approximate surface area is 122 Å². The van der Waals surface area contributed by atoms with Gasteiger partial charge in [0.1, 0.15) is 11.3 Å². The molecule has 1 fully saturated rings. The number of rotatable bonds is 1. The number of β-amino-alcohol motifs (C(OH)–C–C–N with tert-alkyl or cyclic N) is 1. The Balaban J connectivity index is 2.06. The van der Waals surface area contributed by atoms with Crippen LogP contribution in [0.4, 0.5) is 27.6 Å². The van der Waals surface area contributed by atoms with E-state index in [1.54, 1.807) is 0 Å². The number of halogens is 5. The van der Waals surface area contributed by atoms with Gasteiger partial charge in [0.2, 0.25) is 0 Å². The van der Waals surface area contributed by atoms with Crippen LogP contribution in [-0.4, -0.2) is 35.0 Å². The SMILES string of the molecule is O[C@]1(C(F)(F)F)CCN(c2ccnc3c(F)cc(F)cc23)C1. The van der Waals surface area contributed by atoms with E-state index < -0.39 is 36.4 Å². The standard InChI is InChI=1S/C14H11F5N2O/c15-8-5-9-11(1-3-20-12(9)10(16)6-8)21-4-2-13(22,7-21)14(17,18)19/h1,3,5-6,22H,2,4,7H2/t13-/m1/s1. The topological polar surface area (TPSA) is 36.4 Å². The maximum Gasteiger partial charge on any atom is 0.418 e. The first-order chi connectivity index (χ1) is 10.2. The number of fused-ring (bicyclic) bond motifs is 1. The molecule has 1 aromatic heterocycles. The summed E-state index contributed by atoms with van der Waals surface area (Å²) in [6, 6.07) is 3.06. The third kappa shape index (κ3) is 2.27. The van der Waals surface area contributed by atoms with Gasteiger partial charge < -0.3 is 10.0 Å². The van der Waals surface area contributed by atoms with Crippen molar-refractivity contribution in [1.82, 2.24) is 4.98 Å². The van der Waals surface area contributed by atoms with Crippen LogP contribution in [0, 0.1) is 11.6 Å². The summed E-state index contributed by atoms with van der Waals surface area (Å²) in [4.78, 5) is 5.05. The zero-order valence-electron chi connectivity index (χ0n) is 11.2. The van der Waals surface area contributed by atoms with Crippen LogP contribution < -0.4 is 4.90 Å². The number of benzene rings is 1. The van der Waals surface area contributed by atoms with Crippen molar-refractivity contribution < 1.29 is 27.1 Å². The fraction of sp³-hybridized carbons (Fsp3) is 0.357. The third-order valence-electron chi connectivity index (χ3n) is 3.86. The number of pyridine rings is 1. The molecule has 0 aliphatic carbocycles. The minimum absolute atomic E-state index is 0.0754. The average molecular weight is 318 g/mol. The second-order valence-electron chi connectivity index (χ2n) is 5.31. The van der Waals surface area contributed by atoms with Gasteiger partial charge in [-0.2, -0.15) is 13.2 Å². The quantitative estimate of drug-likeness (QED) is 0.821. The molecule has 22 heavy (non-hydrogen) atoms. The fourth-order valence-corrected chi connectivity index (χ4v) is 2.67. The van der Waals surface area contributed by atoms with Crippen molar-refractivity contribution >= 4 is 16.6 Å². The summed E-state index contributed by atoms with van der Waals surface area (Å²) >= 11 is 0. The Hall–Kier alpha value is -1.96. The van der Waals surface area contributed by atoms with Crippen molar-refractivity contribution in [2.75, 3.05) is 18.0 Å². The van der Waals surface area contributed by atoms with Gasteiger partial charge in [0.25, 0.3) is 0 Å². The van der Waals surface area contributed by atoms with Gasteiger partial charge in [-0.05, 0) is 12.1 Å². The van der Waals surface area contributed by atoms with Crippen molar-refractivity contribution in [2.45, 2.75) is 18.2 Å². The van der Waals surface area contributed by atoms with Crippen LogP contribution in [0.5, 0.6) is 0 Å². The number of aromatic nitrogens is 1. The van der Waals surface area contributed by atoms with E-state index in [0.29, 0.717) is 6.07 Å². The second kappa shape index (κ2) is 4.77. The van der Waals surface area contributed by atoms with Crippen molar-refractivity contribution in [3.05, 3.63) is 36.0 Å². The Kier molecular flexibility index (Phi) is 3.24. The Morgan fingerprint density at radius 3 is 2.59 bits per heavy atom. The molecule has 1 aromatic carbocycles. The normalized spacial score (nSPS) is 22.5. The molecule has 1 saturated heterocycles. The summed E-state index contributed by atoms with van der Waals surface area (Å²) in [5.74, 6) is -1.73. The van der Waals surface area contributed by atoms with E-state index in [9.17, 15) is 27.1 Å². The van der Waals surface area contributed by atoms with Gasteiger partial charge in [-0.3, -0.25) is 4.98 Å². The monoisotopic (exact) mass is 318 g/mol. The Morgan fingerprint density at radius 1 is 1.23 bits per heavy atom. The molecule has 2 heterocycles. The van der Waals surface area contributed by atoms with Gasteiger partial charge in [0, 0.05) is 36.3 Å². The van der Waals surface area contributed by atoms with E-state index >= 15 is 0 Å². The molecule has 0 unspecified atom stereocenters. The van der Waals surface area contributed by atoms with Gasteiger partial charge >= 0.3 is 6.18 Å². The highest BCUT2D eigenvalue weighted by atomic mass is 19.4. The minimum atomic E-state index is -4.76. The number of hydrogen-bond donors (Lipinski definition) is 1. The highest BCUT2D eigenvalue weighted by Crippen LogP contribution is 2.40. The molecule has 0 bridgehead atoms. The number of hydrogen-bond acceptors (Lipinski definition) is 3. The van der Waals surface area contributed by atoms with E-state index in [2.05, 4.69) is 4.98 Å². The van der Waals surface area contributed by atoms with Gasteiger partial charge in [0.15, 0.2) is 11.4 Å². The second-order valence-corrected chi connectivity index (χ2v) is 5.31. The van der Waals surface area contributed by atoms with Crippen LogP contribution >= 0.6 is 0 Å². The van der Waals surface area contributed by atoms with Crippen molar-refractivity contribution in [1.29, 1.82) is 0 Å². The van der Waals surface area contributed by atoms with E-state index in [4.69, 9.17) is 0 Å². The Bertz CT molecular complexity index is 733. The first-order valence-corrected chi connectivity index (χ1v) is 6.49. The van der Waals surface area contributed by atoms with Crippen LogP contribution in [0.1, 0.15) is 6.42 Å². The average Bonchev–Trinajstić information content (AvgIpc) is 2.81. The van der Waals surface area contributed by atoms with E-state index in [-0.39, 0.29) is 23.1 Å². The van der Waals surface area contributed by atoms with E-state index in [0.717, 1.165) is 6.07 Å². The summed E-state index contributed by atoms with van der Waals surface area (Å²) in [5, 5.41) is 9.79. The van der Waals surface area contributed by atoms with Crippen LogP contribution in [0.2, 0.25) is 0 Å². The van der Waals surface area contributed by atoms with Crippen molar-refractivity contribution in [2.24, 2.45) is 0 Å². The lowest BCUT2D eigenvalue weighted by molar-refractivity contribution is -0.250. The maximum atomic E-state index is 13.7. The van der Waals surface area contributed by atoms with Crippen molar-refractivity contribution in [3.63, 3.8) is 0 Å². The molecule has 8 heteroatoms. The molecule has 0 spiro atoms. The number of alkyl halides is 3. The van der Waals surface area contributed by atoms with Crippen LogP contribution in [0.15, 0.2) is 24.4 Å². The summed E-state index contributed by atoms with van der Waals surface area (Å²) in [6.07, 6.45) is -4.02. The highest BCUT2D eigenvalue weighted by Gasteiger charge is 2.57. The lowest BCUT2D eigenvalue weighted by atomic mass is 10.0. The molecule has 118 valence electrons. The molecule has 3 rings (SSSR count). The lowest BCUT2D eigenvalue weighted by Crippen LogP contribution is -2.47. The smallest absolute Gasteiger partial charge is 0.379 e. The predicted octanol–water partition coefficient (Wildman–Crippen LogP) is 3.02. The molecular formula is C14H11F5N2O. The van der Waals surface area contributed by atoms with E-state index in [1.807, 2.05) is 0 Å². The minimum Gasteiger partial charge on any atom is -0.379 e. The highest BCUT2D eigenvalue weighted by molar-refractivity contribution is 5.92. The summed E-state index contributed by atoms with van der Waals surface area (Å²) in [7, 11) is 0. The van der Waals surface area contributed by atoms with Gasteiger partial charge in [-0.1, -0.05) is 0 Å². The molecule has 0 radical (unpaired) electrons. The third-order valence-corrected chi connectivity index (χ3v) is 3.86. The number of aliphatic hydroxyl groups is 1. The molecule has 0 saturated carbocycles. The maximum absolute atomic E-state index is 13.7.